The number of aliphatic hydroxyl groups excluding tert-OH is 1. The van der Waals surface area contributed by atoms with Gasteiger partial charge in [-0.2, -0.15) is 0 Å². The van der Waals surface area contributed by atoms with Crippen LogP contribution in [0.3, 0.4) is 0 Å². The van der Waals surface area contributed by atoms with E-state index in [1.54, 1.807) is 0 Å². The molecule has 26 valence electrons. The van der Waals surface area contributed by atoms with E-state index in [0.29, 0.717) is 0 Å². The van der Waals surface area contributed by atoms with E-state index in [-0.39, 0.29) is 0 Å². The third-order valence-electron chi connectivity index (χ3n) is 0. The fourth-order valence-electron chi connectivity index (χ4n) is 0. The Labute approximate surface area is 25.2 Å². The molecule has 0 aromatic carbocycles. The summed E-state index contributed by atoms with van der Waals surface area (Å²) >= 11 is 0. The third-order valence-corrected chi connectivity index (χ3v) is 0. The molecule has 0 saturated carbocycles. The average Bonchev–Trinajstić information content (AvgIpc) is 0.811. The maximum atomic E-state index is 7.83. The standard InChI is InChI=1S/C2H7NO/c1-2(3)4/h2,4H,3H2,1H3/t2-/m1/s1. The molecule has 0 heterocycles. The van der Waals surface area contributed by atoms with Gasteiger partial charge in [-0.05, 0) is 6.92 Å². The molecule has 0 aliphatic heterocycles. The van der Waals surface area contributed by atoms with Crippen LogP contribution in [-0.4, -0.2) is 11.3 Å². The monoisotopic (exact) mass is 61.1 g/mol. The maximum Gasteiger partial charge on any atom is 0.0991 e. The summed E-state index contributed by atoms with van der Waals surface area (Å²) < 4.78 is 0. The predicted octanol–water partition coefficient (Wildman–Crippen LogP) is -0.717. The molecule has 2 nitrogen and oxygen atoms in total. The highest BCUT2D eigenvalue weighted by molar-refractivity contribution is 4.16. The van der Waals surface area contributed by atoms with Crippen LogP contribution in [0.2, 0.25) is 0 Å². The number of aliphatic hydroxyl groups is 1. The van der Waals surface area contributed by atoms with Crippen molar-refractivity contribution < 1.29 is 5.11 Å². The van der Waals surface area contributed by atoms with Gasteiger partial charge in [0.25, 0.3) is 0 Å². The van der Waals surface area contributed by atoms with E-state index < -0.39 is 6.23 Å². The Kier molecular flexibility index (Phi) is 1.24. The van der Waals surface area contributed by atoms with E-state index in [9.17, 15) is 0 Å². The van der Waals surface area contributed by atoms with Crippen molar-refractivity contribution in [3.8, 4) is 0 Å². The molecule has 0 saturated heterocycles. The summed E-state index contributed by atoms with van der Waals surface area (Å²) in [5, 5.41) is 7.83. The molecule has 0 bridgehead atoms. The normalized spacial score (nSPS) is 15.8. The molecular formula is C2H7NO. The van der Waals surface area contributed by atoms with E-state index in [1.165, 1.54) is 6.92 Å². The van der Waals surface area contributed by atoms with Crippen LogP contribution in [0.15, 0.2) is 0 Å². The van der Waals surface area contributed by atoms with E-state index >= 15 is 0 Å². The van der Waals surface area contributed by atoms with Crippen molar-refractivity contribution in [1.82, 2.24) is 0 Å². The van der Waals surface area contributed by atoms with Crippen molar-refractivity contribution in [1.29, 1.82) is 0 Å². The van der Waals surface area contributed by atoms with E-state index in [2.05, 4.69) is 5.73 Å². The average molecular weight is 61.1 g/mol. The molecule has 1 atom stereocenters. The topological polar surface area (TPSA) is 46.2 Å². The van der Waals surface area contributed by atoms with Gasteiger partial charge in [-0.25, -0.2) is 0 Å². The Bertz CT molecular complexity index is 10.8. The SMILES string of the molecule is C[C@H](N)O. The molecule has 0 aliphatic rings. The zero-order valence-electron chi connectivity index (χ0n) is 2.60. The molecule has 0 fully saturated rings. The Hall–Kier alpha value is -0.0800. The highest BCUT2D eigenvalue weighted by Crippen LogP contribution is 1.50. The van der Waals surface area contributed by atoms with Crippen LogP contribution in [0.25, 0.3) is 0 Å². The zero-order valence-corrected chi connectivity index (χ0v) is 2.60. The summed E-state index contributed by atoms with van der Waals surface area (Å²) in [5.74, 6) is 0. The van der Waals surface area contributed by atoms with E-state index in [1.807, 2.05) is 0 Å². The first kappa shape index (κ1) is 3.92. The van der Waals surface area contributed by atoms with Gasteiger partial charge in [0.05, 0.1) is 6.23 Å². The van der Waals surface area contributed by atoms with Crippen molar-refractivity contribution >= 4 is 0 Å². The van der Waals surface area contributed by atoms with Gasteiger partial charge < -0.3 is 10.8 Å². The van der Waals surface area contributed by atoms with Gasteiger partial charge in [-0.1, -0.05) is 0 Å². The van der Waals surface area contributed by atoms with Crippen LogP contribution < -0.4 is 5.73 Å². The Morgan fingerprint density at radius 2 is 2.00 bits per heavy atom. The van der Waals surface area contributed by atoms with Crippen molar-refractivity contribution in [3.05, 3.63) is 0 Å². The Morgan fingerprint density at radius 1 is 2.00 bits per heavy atom. The molecule has 0 rings (SSSR count). The van der Waals surface area contributed by atoms with Gasteiger partial charge >= 0.3 is 0 Å². The lowest BCUT2D eigenvalue weighted by molar-refractivity contribution is 0.203. The minimum absolute atomic E-state index is 0.667. The summed E-state index contributed by atoms with van der Waals surface area (Å²) in [7, 11) is 0. The van der Waals surface area contributed by atoms with E-state index in [4.69, 9.17) is 5.11 Å². The maximum absolute atomic E-state index is 7.83. The summed E-state index contributed by atoms with van der Waals surface area (Å²) in [4.78, 5) is 0. The van der Waals surface area contributed by atoms with Crippen LogP contribution in [0.1, 0.15) is 6.92 Å². The number of hydrogen-bond donors (Lipinski definition) is 2. The molecule has 0 radical (unpaired) electrons. The lowest BCUT2D eigenvalue weighted by Gasteiger charge is -1.82. The second kappa shape index (κ2) is 1.26. The van der Waals surface area contributed by atoms with Gasteiger partial charge in [-0.15, -0.1) is 0 Å². The Balaban J connectivity index is 2.32. The molecule has 0 spiro atoms. The predicted molar refractivity (Wildman–Crippen MR) is 15.9 cm³/mol. The van der Waals surface area contributed by atoms with Crippen LogP contribution in [0, 0.1) is 0 Å². The van der Waals surface area contributed by atoms with Crippen LogP contribution in [0.5, 0.6) is 0 Å². The van der Waals surface area contributed by atoms with Crippen LogP contribution in [0.4, 0.5) is 0 Å². The van der Waals surface area contributed by atoms with Gasteiger partial charge in [-0.3, -0.25) is 0 Å². The second-order valence-corrected chi connectivity index (χ2v) is 0.741. The molecule has 4 heavy (non-hydrogen) atoms. The first-order chi connectivity index (χ1) is 1.73. The quantitative estimate of drug-likeness (QED) is 0.363. The molecule has 0 unspecified atom stereocenters. The highest BCUT2D eigenvalue weighted by Gasteiger charge is 1.68. The smallest absolute Gasteiger partial charge is 0.0991 e. The molecule has 0 amide bonds. The largest absolute Gasteiger partial charge is 0.379 e. The first-order valence-corrected chi connectivity index (χ1v) is 1.17. The minimum atomic E-state index is -0.667. The summed E-state index contributed by atoms with van der Waals surface area (Å²) in [6.45, 7) is 1.50. The molecule has 0 aliphatic carbocycles. The zero-order chi connectivity index (χ0) is 3.58. The van der Waals surface area contributed by atoms with Crippen molar-refractivity contribution in [2.75, 3.05) is 0 Å². The van der Waals surface area contributed by atoms with Crippen molar-refractivity contribution in [3.63, 3.8) is 0 Å². The molecule has 2 heteroatoms. The lowest BCUT2D eigenvalue weighted by Crippen LogP contribution is -2.11. The summed E-state index contributed by atoms with van der Waals surface area (Å²) in [6.07, 6.45) is -0.667. The fourth-order valence-corrected chi connectivity index (χ4v) is 0. The van der Waals surface area contributed by atoms with Crippen LogP contribution in [-0.2, 0) is 0 Å². The number of rotatable bonds is 0. The third kappa shape index (κ3) is 254. The molecule has 3 N–H and O–H groups in total. The Morgan fingerprint density at radius 3 is 2.00 bits per heavy atom. The fraction of sp³-hybridized carbons (Fsp3) is 1.00. The van der Waals surface area contributed by atoms with Gasteiger partial charge in [0, 0.05) is 0 Å². The van der Waals surface area contributed by atoms with Gasteiger partial charge in [0.1, 0.15) is 0 Å². The van der Waals surface area contributed by atoms with Crippen molar-refractivity contribution in [2.24, 2.45) is 5.73 Å². The number of nitrogens with two attached hydrogens (primary N) is 1. The van der Waals surface area contributed by atoms with Gasteiger partial charge in [0.2, 0.25) is 0 Å². The molecular weight excluding hydrogens is 54.0 g/mol. The van der Waals surface area contributed by atoms with Crippen LogP contribution >= 0.6 is 0 Å². The van der Waals surface area contributed by atoms with Gasteiger partial charge in [0.15, 0.2) is 0 Å². The first-order valence-electron chi connectivity index (χ1n) is 1.17. The summed E-state index contributed by atoms with van der Waals surface area (Å²) in [5.41, 5.74) is 4.67. The number of hydrogen-bond acceptors (Lipinski definition) is 2. The lowest BCUT2D eigenvalue weighted by atomic mass is 10.7. The van der Waals surface area contributed by atoms with Crippen molar-refractivity contribution in [2.45, 2.75) is 13.2 Å². The molecule has 0 aromatic rings. The molecule has 0 aromatic heterocycles. The highest BCUT2D eigenvalue weighted by atomic mass is 16.3. The summed E-state index contributed by atoms with van der Waals surface area (Å²) in [6, 6.07) is 0. The second-order valence-electron chi connectivity index (χ2n) is 0.741. The van der Waals surface area contributed by atoms with E-state index in [0.717, 1.165) is 0 Å². The minimum Gasteiger partial charge on any atom is -0.379 e.